The number of carbonyl (C=O) groups excluding carboxylic acids is 1. The van der Waals surface area contributed by atoms with Gasteiger partial charge < -0.3 is 29.7 Å². The van der Waals surface area contributed by atoms with Crippen molar-refractivity contribution in [1.82, 2.24) is 9.80 Å². The Hall–Kier alpha value is -2.85. The Balaban J connectivity index is 0.000000501. The molecule has 3 N–H and O–H groups in total. The number of hydrogen-bond acceptors (Lipinski definition) is 7. The van der Waals surface area contributed by atoms with Crippen LogP contribution in [0.3, 0.4) is 0 Å². The Kier molecular flexibility index (Phi) is 9.54. The minimum Gasteiger partial charge on any atom is -0.504 e. The second-order valence-corrected chi connectivity index (χ2v) is 7.33. The number of phenolic OH excluding ortho intramolecular Hbond substituents is 1. The average molecular weight is 438 g/mol. The number of amides is 1. The maximum absolute atomic E-state index is 12.6. The van der Waals surface area contributed by atoms with E-state index < -0.39 is 11.9 Å². The number of likely N-dealkylation sites (tertiary alicyclic amines) is 1. The molecular weight excluding hydrogens is 408 g/mol. The Labute approximate surface area is 181 Å². The lowest BCUT2D eigenvalue weighted by Gasteiger charge is -2.35. The van der Waals surface area contributed by atoms with Crippen LogP contribution in [0.15, 0.2) is 18.2 Å². The molecule has 3 rings (SSSR count). The number of carboxylic acids is 2. The number of morpholine rings is 1. The van der Waals surface area contributed by atoms with Crippen molar-refractivity contribution < 1.29 is 39.2 Å². The molecule has 0 spiro atoms. The second kappa shape index (κ2) is 12.1. The molecular formula is C21H30N2O8. The van der Waals surface area contributed by atoms with E-state index in [0.717, 1.165) is 51.1 Å². The summed E-state index contributed by atoms with van der Waals surface area (Å²) in [5, 5.41) is 24.6. The minimum atomic E-state index is -1.82. The van der Waals surface area contributed by atoms with E-state index in [-0.39, 0.29) is 11.7 Å². The first-order valence-corrected chi connectivity index (χ1v) is 10.3. The van der Waals surface area contributed by atoms with Crippen LogP contribution in [-0.4, -0.2) is 89.0 Å². The number of carboxylic acid groups (broad SMARTS) is 2. The van der Waals surface area contributed by atoms with E-state index in [4.69, 9.17) is 29.3 Å². The Bertz CT molecular complexity index is 744. The lowest BCUT2D eigenvalue weighted by atomic mass is 9.94. The number of aromatic hydroxyl groups is 1. The molecule has 0 aromatic heterocycles. The summed E-state index contributed by atoms with van der Waals surface area (Å²) >= 11 is 0. The number of nitrogens with zero attached hydrogens (tertiary/aromatic N) is 2. The van der Waals surface area contributed by atoms with Gasteiger partial charge in [0.25, 0.3) is 0 Å². The number of phenols is 1. The predicted molar refractivity (Wildman–Crippen MR) is 110 cm³/mol. The first-order valence-electron chi connectivity index (χ1n) is 10.3. The second-order valence-electron chi connectivity index (χ2n) is 7.33. The minimum absolute atomic E-state index is 0.146. The fraction of sp³-hybridized carbons (Fsp3) is 0.571. The van der Waals surface area contributed by atoms with Crippen LogP contribution in [0.2, 0.25) is 0 Å². The zero-order valence-corrected chi connectivity index (χ0v) is 17.7. The van der Waals surface area contributed by atoms with E-state index in [1.807, 2.05) is 24.0 Å². The Morgan fingerprint density at radius 2 is 1.68 bits per heavy atom. The van der Waals surface area contributed by atoms with Crippen LogP contribution in [0.4, 0.5) is 0 Å². The highest BCUT2D eigenvalue weighted by molar-refractivity contribution is 6.27. The van der Waals surface area contributed by atoms with Gasteiger partial charge in [-0.2, -0.15) is 0 Å². The first kappa shape index (κ1) is 24.4. The molecule has 0 radical (unpaired) electrons. The van der Waals surface area contributed by atoms with E-state index in [9.17, 15) is 9.90 Å². The molecule has 0 unspecified atom stereocenters. The quantitative estimate of drug-likeness (QED) is 0.575. The van der Waals surface area contributed by atoms with Crippen molar-refractivity contribution in [2.24, 2.45) is 5.92 Å². The van der Waals surface area contributed by atoms with Gasteiger partial charge in [0.2, 0.25) is 5.91 Å². The number of ether oxygens (including phenoxy) is 2. The lowest BCUT2D eigenvalue weighted by molar-refractivity contribution is -0.159. The summed E-state index contributed by atoms with van der Waals surface area (Å²) in [7, 11) is 0. The van der Waals surface area contributed by atoms with Crippen molar-refractivity contribution in [3.05, 3.63) is 23.8 Å². The number of piperidine rings is 1. The monoisotopic (exact) mass is 438 g/mol. The van der Waals surface area contributed by atoms with Crippen LogP contribution >= 0.6 is 0 Å². The summed E-state index contributed by atoms with van der Waals surface area (Å²) in [5.41, 5.74) is 1.12. The van der Waals surface area contributed by atoms with Crippen LogP contribution in [0, 0.1) is 5.92 Å². The van der Waals surface area contributed by atoms with Gasteiger partial charge in [-0.1, -0.05) is 6.07 Å². The number of aliphatic carboxylic acids is 2. The summed E-state index contributed by atoms with van der Waals surface area (Å²) in [4.78, 5) is 35.1. The summed E-state index contributed by atoms with van der Waals surface area (Å²) in [6.45, 7) is 7.88. The smallest absolute Gasteiger partial charge is 0.414 e. The number of benzene rings is 1. The zero-order valence-electron chi connectivity index (χ0n) is 17.7. The van der Waals surface area contributed by atoms with Crippen molar-refractivity contribution in [2.45, 2.75) is 26.3 Å². The molecule has 0 atom stereocenters. The van der Waals surface area contributed by atoms with Crippen molar-refractivity contribution in [3.8, 4) is 11.5 Å². The molecule has 2 fully saturated rings. The highest BCUT2D eigenvalue weighted by Crippen LogP contribution is 2.28. The fourth-order valence-corrected chi connectivity index (χ4v) is 3.57. The fourth-order valence-electron chi connectivity index (χ4n) is 3.57. The molecule has 1 aromatic carbocycles. The molecule has 10 nitrogen and oxygen atoms in total. The molecule has 0 bridgehead atoms. The summed E-state index contributed by atoms with van der Waals surface area (Å²) in [6.07, 6.45) is 1.82. The van der Waals surface area contributed by atoms with Crippen molar-refractivity contribution >= 4 is 17.8 Å². The summed E-state index contributed by atoms with van der Waals surface area (Å²) in [6, 6.07) is 5.53. The van der Waals surface area contributed by atoms with Gasteiger partial charge in [-0.15, -0.1) is 0 Å². The number of carbonyl (C=O) groups is 3. The molecule has 0 saturated carbocycles. The van der Waals surface area contributed by atoms with Crippen LogP contribution in [0.5, 0.6) is 11.5 Å². The summed E-state index contributed by atoms with van der Waals surface area (Å²) in [5.74, 6) is -2.48. The molecule has 1 amide bonds. The van der Waals surface area contributed by atoms with E-state index >= 15 is 0 Å². The SMILES string of the molecule is CCOc1cc(CN2CCC(C(=O)N3CCOCC3)CC2)ccc1O.O=C(O)C(=O)O. The van der Waals surface area contributed by atoms with Crippen LogP contribution in [0.1, 0.15) is 25.3 Å². The Morgan fingerprint density at radius 1 is 1.06 bits per heavy atom. The van der Waals surface area contributed by atoms with E-state index in [0.29, 0.717) is 31.5 Å². The van der Waals surface area contributed by atoms with E-state index in [1.54, 1.807) is 6.07 Å². The van der Waals surface area contributed by atoms with E-state index in [1.165, 1.54) is 0 Å². The summed E-state index contributed by atoms with van der Waals surface area (Å²) < 4.78 is 10.8. The van der Waals surface area contributed by atoms with Crippen molar-refractivity contribution in [2.75, 3.05) is 46.0 Å². The lowest BCUT2D eigenvalue weighted by Crippen LogP contribution is -2.46. The van der Waals surface area contributed by atoms with Gasteiger partial charge in [-0.3, -0.25) is 9.69 Å². The molecule has 1 aromatic rings. The van der Waals surface area contributed by atoms with E-state index in [2.05, 4.69) is 4.90 Å². The van der Waals surface area contributed by atoms with Gasteiger partial charge in [-0.25, -0.2) is 9.59 Å². The number of rotatable bonds is 5. The number of hydrogen-bond donors (Lipinski definition) is 3. The molecule has 0 aliphatic carbocycles. The molecule has 10 heteroatoms. The average Bonchev–Trinajstić information content (AvgIpc) is 2.77. The van der Waals surface area contributed by atoms with Crippen LogP contribution in [0.25, 0.3) is 0 Å². The topological polar surface area (TPSA) is 137 Å². The molecule has 2 heterocycles. The van der Waals surface area contributed by atoms with Crippen LogP contribution < -0.4 is 4.74 Å². The normalized spacial score (nSPS) is 17.4. The third-order valence-electron chi connectivity index (χ3n) is 5.17. The highest BCUT2D eigenvalue weighted by atomic mass is 16.5. The zero-order chi connectivity index (χ0) is 22.8. The predicted octanol–water partition coefficient (Wildman–Crippen LogP) is 1.02. The molecule has 172 valence electrons. The highest BCUT2D eigenvalue weighted by Gasteiger charge is 2.29. The standard InChI is InChI=1S/C19H28N2O4.C2H2O4/c1-2-25-18-13-15(3-4-17(18)22)14-20-7-5-16(6-8-20)19(23)21-9-11-24-12-10-21;3-1(4)2(5)6/h3-4,13,16,22H,2,5-12,14H2,1H3;(H,3,4)(H,5,6). The van der Waals surface area contributed by atoms with Crippen LogP contribution in [-0.2, 0) is 25.7 Å². The molecule has 2 aliphatic heterocycles. The maximum Gasteiger partial charge on any atom is 0.414 e. The van der Waals surface area contributed by atoms with Gasteiger partial charge in [0, 0.05) is 25.6 Å². The maximum atomic E-state index is 12.6. The molecule has 31 heavy (non-hydrogen) atoms. The third kappa shape index (κ3) is 7.72. The van der Waals surface area contributed by atoms with Crippen molar-refractivity contribution in [1.29, 1.82) is 0 Å². The molecule has 2 saturated heterocycles. The van der Waals surface area contributed by atoms with Gasteiger partial charge in [0.1, 0.15) is 0 Å². The van der Waals surface area contributed by atoms with Gasteiger partial charge in [0.05, 0.1) is 19.8 Å². The molecule has 2 aliphatic rings. The first-order chi connectivity index (χ1) is 14.8. The third-order valence-corrected chi connectivity index (χ3v) is 5.17. The van der Waals surface area contributed by atoms with Crippen molar-refractivity contribution in [3.63, 3.8) is 0 Å². The van der Waals surface area contributed by atoms with Gasteiger partial charge in [0.15, 0.2) is 11.5 Å². The van der Waals surface area contributed by atoms with Gasteiger partial charge >= 0.3 is 11.9 Å². The van der Waals surface area contributed by atoms with Gasteiger partial charge in [-0.05, 0) is 50.6 Å². The Morgan fingerprint density at radius 3 is 2.23 bits per heavy atom. The largest absolute Gasteiger partial charge is 0.504 e.